The summed E-state index contributed by atoms with van der Waals surface area (Å²) in [5, 5.41) is 2.65. The topological polar surface area (TPSA) is 73.9 Å². The molecule has 0 unspecified atom stereocenters. The fourth-order valence-electron chi connectivity index (χ4n) is 2.20. The molecule has 26 heavy (non-hydrogen) atoms. The number of nitrogens with one attached hydrogen (secondary N) is 1. The minimum absolute atomic E-state index is 0.196. The maximum atomic E-state index is 11.8. The Bertz CT molecular complexity index is 727. The summed E-state index contributed by atoms with van der Waals surface area (Å²) in [5.41, 5.74) is 1.73. The molecule has 1 N–H and O–H groups in total. The zero-order chi connectivity index (χ0) is 18.8. The molecule has 0 aliphatic carbocycles. The summed E-state index contributed by atoms with van der Waals surface area (Å²) in [6.07, 6.45) is 0.717. The highest BCUT2D eigenvalue weighted by atomic mass is 16.5. The second-order valence-electron chi connectivity index (χ2n) is 5.71. The van der Waals surface area contributed by atoms with Crippen LogP contribution in [0.1, 0.15) is 18.4 Å². The third kappa shape index (κ3) is 6.84. The standard InChI is InChI=1S/C20H23NO5/c1-15-5-3-6-18(13-15)25-12-4-7-20(23)26-14-19(22)21-16-8-10-17(24-2)11-9-16/h3,5-6,8-11,13H,4,7,12,14H2,1-2H3,(H,21,22). The molecule has 0 saturated carbocycles. The minimum Gasteiger partial charge on any atom is -0.497 e. The summed E-state index contributed by atoms with van der Waals surface area (Å²) in [5.74, 6) is 0.654. The maximum absolute atomic E-state index is 11.8. The first-order chi connectivity index (χ1) is 12.6. The Kier molecular flexibility index (Phi) is 7.49. The first-order valence-corrected chi connectivity index (χ1v) is 8.36. The van der Waals surface area contributed by atoms with Crippen LogP contribution in [0.2, 0.25) is 0 Å². The lowest BCUT2D eigenvalue weighted by Gasteiger charge is -2.08. The molecule has 0 fully saturated rings. The number of ether oxygens (including phenoxy) is 3. The van der Waals surface area contributed by atoms with E-state index in [1.54, 1.807) is 31.4 Å². The van der Waals surface area contributed by atoms with Crippen molar-refractivity contribution in [1.82, 2.24) is 0 Å². The summed E-state index contributed by atoms with van der Waals surface area (Å²) in [4.78, 5) is 23.4. The fraction of sp³-hybridized carbons (Fsp3) is 0.300. The van der Waals surface area contributed by atoms with E-state index >= 15 is 0 Å². The van der Waals surface area contributed by atoms with Crippen molar-refractivity contribution in [3.8, 4) is 11.5 Å². The van der Waals surface area contributed by atoms with Crippen molar-refractivity contribution in [2.75, 3.05) is 25.6 Å². The molecule has 2 rings (SSSR count). The highest BCUT2D eigenvalue weighted by Gasteiger charge is 2.08. The zero-order valence-corrected chi connectivity index (χ0v) is 15.0. The van der Waals surface area contributed by atoms with Crippen LogP contribution in [0.15, 0.2) is 48.5 Å². The molecule has 0 bridgehead atoms. The Morgan fingerprint density at radius 2 is 1.81 bits per heavy atom. The van der Waals surface area contributed by atoms with Gasteiger partial charge in [0.1, 0.15) is 11.5 Å². The van der Waals surface area contributed by atoms with Crippen LogP contribution in [0, 0.1) is 6.92 Å². The first kappa shape index (κ1) is 19.3. The molecule has 0 aliphatic rings. The van der Waals surface area contributed by atoms with Gasteiger partial charge < -0.3 is 19.5 Å². The Hall–Kier alpha value is -3.02. The number of aryl methyl sites for hydroxylation is 1. The van der Waals surface area contributed by atoms with Crippen LogP contribution in [0.25, 0.3) is 0 Å². The van der Waals surface area contributed by atoms with Crippen molar-refractivity contribution < 1.29 is 23.8 Å². The van der Waals surface area contributed by atoms with Gasteiger partial charge in [-0.15, -0.1) is 0 Å². The van der Waals surface area contributed by atoms with Crippen molar-refractivity contribution in [3.05, 3.63) is 54.1 Å². The smallest absolute Gasteiger partial charge is 0.306 e. The van der Waals surface area contributed by atoms with E-state index in [1.807, 2.05) is 31.2 Å². The molecule has 0 spiro atoms. The van der Waals surface area contributed by atoms with Crippen molar-refractivity contribution in [3.63, 3.8) is 0 Å². The van der Waals surface area contributed by atoms with Gasteiger partial charge in [-0.2, -0.15) is 0 Å². The Labute approximate surface area is 153 Å². The van der Waals surface area contributed by atoms with E-state index < -0.39 is 5.97 Å². The van der Waals surface area contributed by atoms with Gasteiger partial charge >= 0.3 is 5.97 Å². The molecule has 0 aliphatic heterocycles. The number of anilines is 1. The lowest BCUT2D eigenvalue weighted by atomic mass is 10.2. The number of hydrogen-bond acceptors (Lipinski definition) is 5. The van der Waals surface area contributed by atoms with E-state index in [-0.39, 0.29) is 18.9 Å². The van der Waals surface area contributed by atoms with Crippen LogP contribution in [0.5, 0.6) is 11.5 Å². The van der Waals surface area contributed by atoms with Crippen molar-refractivity contribution in [2.24, 2.45) is 0 Å². The summed E-state index contributed by atoms with van der Waals surface area (Å²) in [7, 11) is 1.57. The summed E-state index contributed by atoms with van der Waals surface area (Å²) in [6, 6.07) is 14.6. The number of methoxy groups -OCH3 is 1. The summed E-state index contributed by atoms with van der Waals surface area (Å²) < 4.78 is 15.6. The molecular weight excluding hydrogens is 334 g/mol. The Morgan fingerprint density at radius 3 is 2.50 bits per heavy atom. The normalized spacial score (nSPS) is 10.1. The monoisotopic (exact) mass is 357 g/mol. The van der Waals surface area contributed by atoms with E-state index in [1.165, 1.54) is 0 Å². The van der Waals surface area contributed by atoms with Crippen molar-refractivity contribution >= 4 is 17.6 Å². The van der Waals surface area contributed by atoms with Gasteiger partial charge in [-0.25, -0.2) is 0 Å². The van der Waals surface area contributed by atoms with Gasteiger partial charge in [0.15, 0.2) is 6.61 Å². The molecule has 0 aromatic heterocycles. The van der Waals surface area contributed by atoms with Crippen LogP contribution in [0.3, 0.4) is 0 Å². The lowest BCUT2D eigenvalue weighted by molar-refractivity contribution is -0.147. The van der Waals surface area contributed by atoms with Crippen LogP contribution in [-0.4, -0.2) is 32.2 Å². The number of carbonyl (C=O) groups is 2. The molecule has 1 amide bonds. The highest BCUT2D eigenvalue weighted by molar-refractivity contribution is 5.92. The van der Waals surface area contributed by atoms with Gasteiger partial charge in [-0.3, -0.25) is 9.59 Å². The summed E-state index contributed by atoms with van der Waals surface area (Å²) in [6.45, 7) is 2.08. The zero-order valence-electron chi connectivity index (χ0n) is 15.0. The molecule has 0 heterocycles. The molecule has 0 saturated heterocycles. The number of esters is 1. The van der Waals surface area contributed by atoms with Gasteiger partial charge in [-0.05, 0) is 55.3 Å². The van der Waals surface area contributed by atoms with E-state index in [0.717, 1.165) is 11.3 Å². The second-order valence-corrected chi connectivity index (χ2v) is 5.71. The molecule has 6 nitrogen and oxygen atoms in total. The van der Waals surface area contributed by atoms with Crippen LogP contribution >= 0.6 is 0 Å². The van der Waals surface area contributed by atoms with E-state index in [0.29, 0.717) is 24.5 Å². The minimum atomic E-state index is -0.428. The van der Waals surface area contributed by atoms with Gasteiger partial charge in [0.2, 0.25) is 0 Å². The molecule has 2 aromatic rings. The number of benzene rings is 2. The average Bonchev–Trinajstić information content (AvgIpc) is 2.64. The Balaban J connectivity index is 1.60. The van der Waals surface area contributed by atoms with E-state index in [4.69, 9.17) is 14.2 Å². The highest BCUT2D eigenvalue weighted by Crippen LogP contribution is 2.15. The van der Waals surface area contributed by atoms with Gasteiger partial charge in [0.05, 0.1) is 13.7 Å². The SMILES string of the molecule is COc1ccc(NC(=O)COC(=O)CCCOc2cccc(C)c2)cc1. The fourth-order valence-corrected chi connectivity index (χ4v) is 2.20. The maximum Gasteiger partial charge on any atom is 0.306 e. The number of carbonyl (C=O) groups excluding carboxylic acids is 2. The predicted octanol–water partition coefficient (Wildman–Crippen LogP) is 3.34. The first-order valence-electron chi connectivity index (χ1n) is 8.36. The van der Waals surface area contributed by atoms with Crippen molar-refractivity contribution in [1.29, 1.82) is 0 Å². The third-order valence-electron chi connectivity index (χ3n) is 3.52. The molecule has 0 atom stereocenters. The molecule has 0 radical (unpaired) electrons. The van der Waals surface area contributed by atoms with Crippen LogP contribution in [-0.2, 0) is 14.3 Å². The van der Waals surface area contributed by atoms with Gasteiger partial charge in [0.25, 0.3) is 5.91 Å². The quantitative estimate of drug-likeness (QED) is 0.550. The summed E-state index contributed by atoms with van der Waals surface area (Å²) >= 11 is 0. The van der Waals surface area contributed by atoms with Crippen molar-refractivity contribution in [2.45, 2.75) is 19.8 Å². The van der Waals surface area contributed by atoms with Crippen LogP contribution in [0.4, 0.5) is 5.69 Å². The molecule has 6 heteroatoms. The number of amides is 1. The van der Waals surface area contributed by atoms with Gasteiger partial charge in [0, 0.05) is 12.1 Å². The largest absolute Gasteiger partial charge is 0.497 e. The average molecular weight is 357 g/mol. The molecule has 2 aromatic carbocycles. The van der Waals surface area contributed by atoms with E-state index in [2.05, 4.69) is 5.32 Å². The molecule has 138 valence electrons. The molecular formula is C20H23NO5. The van der Waals surface area contributed by atoms with Crippen LogP contribution < -0.4 is 14.8 Å². The van der Waals surface area contributed by atoms with E-state index in [9.17, 15) is 9.59 Å². The second kappa shape index (κ2) is 10.1. The lowest BCUT2D eigenvalue weighted by Crippen LogP contribution is -2.21. The number of hydrogen-bond donors (Lipinski definition) is 1. The predicted molar refractivity (Wildman–Crippen MR) is 98.5 cm³/mol. The number of rotatable bonds is 9. The third-order valence-corrected chi connectivity index (χ3v) is 3.52. The van der Waals surface area contributed by atoms with Gasteiger partial charge in [-0.1, -0.05) is 12.1 Å². The Morgan fingerprint density at radius 1 is 1.04 bits per heavy atom.